The molecule has 0 spiro atoms. The second kappa shape index (κ2) is 4.36. The van der Waals surface area contributed by atoms with Crippen LogP contribution in [0.3, 0.4) is 0 Å². The first kappa shape index (κ1) is 9.40. The summed E-state index contributed by atoms with van der Waals surface area (Å²) in [6.07, 6.45) is 2.57. The normalized spacial score (nSPS) is 9.62. The van der Waals surface area contributed by atoms with Gasteiger partial charge < -0.3 is 10.5 Å². The second-order valence-corrected chi connectivity index (χ2v) is 2.24. The summed E-state index contributed by atoms with van der Waals surface area (Å²) >= 11 is 0. The van der Waals surface area contributed by atoms with Gasteiger partial charge in [0.15, 0.2) is 5.75 Å². The van der Waals surface area contributed by atoms with Gasteiger partial charge in [-0.2, -0.15) is 0 Å². The Morgan fingerprint density at radius 2 is 2.46 bits per heavy atom. The van der Waals surface area contributed by atoms with E-state index >= 15 is 0 Å². The van der Waals surface area contributed by atoms with E-state index in [1.807, 2.05) is 0 Å². The summed E-state index contributed by atoms with van der Waals surface area (Å²) in [4.78, 5) is 13.5. The van der Waals surface area contributed by atoms with E-state index in [4.69, 9.17) is 10.5 Å². The summed E-state index contributed by atoms with van der Waals surface area (Å²) in [5.41, 5.74) is 5.05. The minimum atomic E-state index is -0.543. The molecule has 0 aliphatic heterocycles. The van der Waals surface area contributed by atoms with E-state index in [9.17, 15) is 10.1 Å². The maximum absolute atomic E-state index is 10.4. The maximum Gasteiger partial charge on any atom is 0.329 e. The van der Waals surface area contributed by atoms with Crippen molar-refractivity contribution >= 4 is 5.69 Å². The number of nitro groups is 1. The third-order valence-electron chi connectivity index (χ3n) is 1.33. The van der Waals surface area contributed by atoms with Crippen LogP contribution in [0.25, 0.3) is 0 Å². The van der Waals surface area contributed by atoms with Gasteiger partial charge in [-0.15, -0.1) is 0 Å². The van der Waals surface area contributed by atoms with E-state index in [1.54, 1.807) is 0 Å². The Labute approximate surface area is 74.5 Å². The maximum atomic E-state index is 10.4. The van der Waals surface area contributed by atoms with Crippen molar-refractivity contribution in [2.75, 3.05) is 13.2 Å². The number of nitrogens with two attached hydrogens (primary N) is 1. The van der Waals surface area contributed by atoms with Crippen LogP contribution in [-0.2, 0) is 0 Å². The van der Waals surface area contributed by atoms with E-state index in [1.165, 1.54) is 12.3 Å². The van der Waals surface area contributed by atoms with E-state index in [2.05, 4.69) is 4.98 Å². The Balaban J connectivity index is 2.84. The van der Waals surface area contributed by atoms with Crippen molar-refractivity contribution in [2.45, 2.75) is 0 Å². The van der Waals surface area contributed by atoms with Gasteiger partial charge >= 0.3 is 5.69 Å². The quantitative estimate of drug-likeness (QED) is 0.536. The highest BCUT2D eigenvalue weighted by Gasteiger charge is 2.13. The Kier molecular flexibility index (Phi) is 3.15. The van der Waals surface area contributed by atoms with Crippen LogP contribution in [0.2, 0.25) is 0 Å². The van der Waals surface area contributed by atoms with Gasteiger partial charge in [-0.25, -0.2) is 0 Å². The zero-order chi connectivity index (χ0) is 9.68. The molecule has 0 aromatic carbocycles. The number of aromatic nitrogens is 1. The van der Waals surface area contributed by atoms with Crippen LogP contribution >= 0.6 is 0 Å². The lowest BCUT2D eigenvalue weighted by Gasteiger charge is -2.03. The third-order valence-corrected chi connectivity index (χ3v) is 1.33. The summed E-state index contributed by atoms with van der Waals surface area (Å²) in [6.45, 7) is 0.574. The van der Waals surface area contributed by atoms with Crippen molar-refractivity contribution in [2.24, 2.45) is 5.73 Å². The van der Waals surface area contributed by atoms with Gasteiger partial charge in [0, 0.05) is 18.8 Å². The fourth-order valence-corrected chi connectivity index (χ4v) is 0.801. The molecule has 0 bridgehead atoms. The molecule has 13 heavy (non-hydrogen) atoms. The number of hydrogen-bond donors (Lipinski definition) is 1. The van der Waals surface area contributed by atoms with Crippen molar-refractivity contribution in [3.63, 3.8) is 0 Å². The molecule has 1 heterocycles. The highest BCUT2D eigenvalue weighted by atomic mass is 16.6. The minimum absolute atomic E-state index is 0.143. The Morgan fingerprint density at radius 3 is 3.08 bits per heavy atom. The smallest absolute Gasteiger partial charge is 0.329 e. The average Bonchev–Trinajstić information content (AvgIpc) is 2.15. The lowest BCUT2D eigenvalue weighted by Crippen LogP contribution is -2.11. The number of hydrogen-bond acceptors (Lipinski definition) is 5. The van der Waals surface area contributed by atoms with E-state index in [0.717, 1.165) is 6.20 Å². The highest BCUT2D eigenvalue weighted by molar-refractivity contribution is 5.42. The molecular formula is C7H9N3O3. The molecule has 0 saturated carbocycles. The molecule has 0 aliphatic rings. The molecule has 1 rings (SSSR count). The lowest BCUT2D eigenvalue weighted by molar-refractivity contribution is -0.386. The third kappa shape index (κ3) is 2.38. The lowest BCUT2D eigenvalue weighted by atomic mass is 10.4. The number of rotatable bonds is 4. The van der Waals surface area contributed by atoms with Crippen LogP contribution < -0.4 is 10.5 Å². The summed E-state index contributed by atoms with van der Waals surface area (Å²) in [7, 11) is 0. The molecule has 0 atom stereocenters. The van der Waals surface area contributed by atoms with Crippen molar-refractivity contribution in [3.05, 3.63) is 28.6 Å². The van der Waals surface area contributed by atoms with Gasteiger partial charge in [0.25, 0.3) is 0 Å². The number of ether oxygens (including phenoxy) is 1. The van der Waals surface area contributed by atoms with Crippen molar-refractivity contribution in [1.82, 2.24) is 4.98 Å². The van der Waals surface area contributed by atoms with Gasteiger partial charge in [0.1, 0.15) is 12.8 Å². The van der Waals surface area contributed by atoms with E-state index < -0.39 is 4.92 Å². The Bertz CT molecular complexity index is 303. The topological polar surface area (TPSA) is 91.3 Å². The first-order chi connectivity index (χ1) is 6.25. The number of pyridine rings is 1. The minimum Gasteiger partial charge on any atom is -0.485 e. The Hall–Kier alpha value is -1.69. The highest BCUT2D eigenvalue weighted by Crippen LogP contribution is 2.24. The van der Waals surface area contributed by atoms with Crippen LogP contribution in [0.5, 0.6) is 5.75 Å². The zero-order valence-corrected chi connectivity index (χ0v) is 6.84. The molecule has 0 unspecified atom stereocenters. The fourth-order valence-electron chi connectivity index (χ4n) is 0.801. The predicted octanol–water partition coefficient (Wildman–Crippen LogP) is 0.327. The van der Waals surface area contributed by atoms with Gasteiger partial charge in [0.2, 0.25) is 0 Å². The van der Waals surface area contributed by atoms with Crippen LogP contribution in [0.4, 0.5) is 5.69 Å². The van der Waals surface area contributed by atoms with Crippen molar-refractivity contribution in [3.8, 4) is 5.75 Å². The summed E-state index contributed by atoms with van der Waals surface area (Å²) < 4.78 is 5.04. The first-order valence-corrected chi connectivity index (χ1v) is 3.67. The number of nitrogens with zero attached hydrogens (tertiary/aromatic N) is 2. The standard InChI is InChI=1S/C7H9N3O3/c8-2-4-13-7-1-3-9-5-6(7)10(11)12/h1,3,5H,2,4,8H2. The molecule has 6 nitrogen and oxygen atoms in total. The predicted molar refractivity (Wildman–Crippen MR) is 45.4 cm³/mol. The first-order valence-electron chi connectivity index (χ1n) is 3.67. The average molecular weight is 183 g/mol. The molecule has 1 aromatic rings. The summed E-state index contributed by atoms with van der Waals surface area (Å²) in [5.74, 6) is 0.199. The SMILES string of the molecule is NCCOc1ccncc1[N+](=O)[O-]. The van der Waals surface area contributed by atoms with Gasteiger partial charge in [0.05, 0.1) is 4.92 Å². The van der Waals surface area contributed by atoms with Crippen molar-refractivity contribution < 1.29 is 9.66 Å². The van der Waals surface area contributed by atoms with Crippen LogP contribution in [-0.4, -0.2) is 23.1 Å². The summed E-state index contributed by atoms with van der Waals surface area (Å²) in [5, 5.41) is 10.4. The van der Waals surface area contributed by atoms with Gasteiger partial charge in [-0.3, -0.25) is 15.1 Å². The molecule has 0 aliphatic carbocycles. The van der Waals surface area contributed by atoms with Crippen molar-refractivity contribution in [1.29, 1.82) is 0 Å². The Morgan fingerprint density at radius 1 is 1.69 bits per heavy atom. The monoisotopic (exact) mass is 183 g/mol. The van der Waals surface area contributed by atoms with E-state index in [-0.39, 0.29) is 18.0 Å². The zero-order valence-electron chi connectivity index (χ0n) is 6.84. The molecule has 0 radical (unpaired) electrons. The fraction of sp³-hybridized carbons (Fsp3) is 0.286. The van der Waals surface area contributed by atoms with Crippen LogP contribution in [0.1, 0.15) is 0 Å². The molecule has 1 aromatic heterocycles. The molecular weight excluding hydrogens is 174 g/mol. The van der Waals surface area contributed by atoms with E-state index in [0.29, 0.717) is 6.54 Å². The second-order valence-electron chi connectivity index (χ2n) is 2.24. The summed E-state index contributed by atoms with van der Waals surface area (Å²) in [6, 6.07) is 1.44. The largest absolute Gasteiger partial charge is 0.485 e. The molecule has 2 N–H and O–H groups in total. The van der Waals surface area contributed by atoms with Gasteiger partial charge in [-0.05, 0) is 0 Å². The van der Waals surface area contributed by atoms with Crippen LogP contribution in [0.15, 0.2) is 18.5 Å². The molecule has 0 amide bonds. The molecule has 70 valence electrons. The molecule has 6 heteroatoms. The van der Waals surface area contributed by atoms with Crippen LogP contribution in [0, 0.1) is 10.1 Å². The van der Waals surface area contributed by atoms with Gasteiger partial charge in [-0.1, -0.05) is 0 Å². The molecule has 0 fully saturated rings. The molecule has 0 saturated heterocycles.